The van der Waals surface area contributed by atoms with Crippen LogP contribution in [0.15, 0.2) is 71.7 Å². The van der Waals surface area contributed by atoms with Crippen molar-refractivity contribution in [2.75, 3.05) is 5.32 Å². The van der Waals surface area contributed by atoms with Crippen LogP contribution >= 0.6 is 35.4 Å². The Bertz CT molecular complexity index is 1030. The van der Waals surface area contributed by atoms with Crippen LogP contribution in [0.4, 0.5) is 17.1 Å². The highest BCUT2D eigenvalue weighted by Crippen LogP contribution is 2.33. The Morgan fingerprint density at radius 2 is 1.68 bits per heavy atom. The second-order valence-electron chi connectivity index (χ2n) is 5.73. The fourth-order valence-electron chi connectivity index (χ4n) is 2.51. The van der Waals surface area contributed by atoms with Crippen LogP contribution in [0, 0.1) is 0 Å². The lowest BCUT2D eigenvalue weighted by atomic mass is 10.1. The summed E-state index contributed by atoms with van der Waals surface area (Å²) in [5.41, 5.74) is 2.70. The molecule has 0 bridgehead atoms. The number of thiocarbonyl (C=S) groups is 1. The minimum atomic E-state index is -0.398. The minimum absolute atomic E-state index is 0.0745. The summed E-state index contributed by atoms with van der Waals surface area (Å²) >= 11 is 17.0. The van der Waals surface area contributed by atoms with Crippen molar-refractivity contribution in [1.29, 1.82) is 0 Å². The van der Waals surface area contributed by atoms with E-state index in [1.807, 2.05) is 24.3 Å². The van der Waals surface area contributed by atoms with Gasteiger partial charge >= 0.3 is 5.97 Å². The molecule has 28 heavy (non-hydrogen) atoms. The first-order chi connectivity index (χ1) is 13.6. The van der Waals surface area contributed by atoms with Crippen molar-refractivity contribution in [3.63, 3.8) is 0 Å². The standard InChI is InChI=1S/C21H14Cl2N2O2S/c22-17-5-3-6-18(23)21(17)25-19-7-2-1-4-14(19)12-20(26)27-16-10-8-15(9-11-16)24-13-28/h1-11,25H,12H2. The van der Waals surface area contributed by atoms with E-state index in [1.165, 1.54) is 0 Å². The number of nitrogens with zero attached hydrogens (tertiary/aromatic N) is 1. The van der Waals surface area contributed by atoms with E-state index in [1.54, 1.807) is 42.5 Å². The van der Waals surface area contributed by atoms with Gasteiger partial charge in [-0.05, 0) is 60.2 Å². The van der Waals surface area contributed by atoms with E-state index in [9.17, 15) is 4.79 Å². The fourth-order valence-corrected chi connectivity index (χ4v) is 3.11. The number of aliphatic imine (C=N–C) groups is 1. The molecule has 3 aromatic rings. The number of hydrogen-bond donors (Lipinski definition) is 1. The summed E-state index contributed by atoms with van der Waals surface area (Å²) < 4.78 is 5.40. The third-order valence-electron chi connectivity index (χ3n) is 3.82. The molecule has 0 radical (unpaired) electrons. The summed E-state index contributed by atoms with van der Waals surface area (Å²) in [6.45, 7) is 0. The Labute approximate surface area is 177 Å². The molecule has 140 valence electrons. The highest BCUT2D eigenvalue weighted by molar-refractivity contribution is 7.78. The van der Waals surface area contributed by atoms with Gasteiger partial charge in [-0.3, -0.25) is 4.79 Å². The summed E-state index contributed by atoms with van der Waals surface area (Å²) in [7, 11) is 0. The van der Waals surface area contributed by atoms with Gasteiger partial charge in [0.05, 0.1) is 33.0 Å². The topological polar surface area (TPSA) is 50.7 Å². The number of esters is 1. The molecule has 3 aromatic carbocycles. The lowest BCUT2D eigenvalue weighted by Crippen LogP contribution is -2.12. The van der Waals surface area contributed by atoms with E-state index in [0.29, 0.717) is 27.2 Å². The SMILES string of the molecule is O=C(Cc1ccccc1Nc1c(Cl)cccc1Cl)Oc1ccc(N=C=S)cc1. The van der Waals surface area contributed by atoms with Crippen molar-refractivity contribution < 1.29 is 9.53 Å². The predicted molar refractivity (Wildman–Crippen MR) is 117 cm³/mol. The summed E-state index contributed by atoms with van der Waals surface area (Å²) in [4.78, 5) is 16.2. The molecule has 1 N–H and O–H groups in total. The highest BCUT2D eigenvalue weighted by atomic mass is 35.5. The van der Waals surface area contributed by atoms with Crippen molar-refractivity contribution in [2.24, 2.45) is 4.99 Å². The number of halogens is 2. The predicted octanol–water partition coefficient (Wildman–Crippen LogP) is 6.62. The zero-order valence-electron chi connectivity index (χ0n) is 14.5. The van der Waals surface area contributed by atoms with Crippen LogP contribution < -0.4 is 10.1 Å². The molecule has 0 heterocycles. The maximum atomic E-state index is 12.4. The normalized spacial score (nSPS) is 10.1. The number of hydrogen-bond acceptors (Lipinski definition) is 5. The van der Waals surface area contributed by atoms with Gasteiger partial charge in [0.2, 0.25) is 0 Å². The van der Waals surface area contributed by atoms with Gasteiger partial charge < -0.3 is 10.1 Å². The third kappa shape index (κ3) is 5.18. The number of anilines is 2. The lowest BCUT2D eigenvalue weighted by Gasteiger charge is -2.14. The maximum absolute atomic E-state index is 12.4. The Kier molecular flexibility index (Phi) is 6.80. The van der Waals surface area contributed by atoms with Gasteiger partial charge in [-0.15, -0.1) is 0 Å². The molecule has 0 saturated carbocycles. The molecular formula is C21H14Cl2N2O2S. The van der Waals surface area contributed by atoms with Crippen molar-refractivity contribution in [1.82, 2.24) is 0 Å². The number of carbonyl (C=O) groups is 1. The second-order valence-corrected chi connectivity index (χ2v) is 6.72. The van der Waals surface area contributed by atoms with Crippen LogP contribution in [0.5, 0.6) is 5.75 Å². The van der Waals surface area contributed by atoms with E-state index in [-0.39, 0.29) is 6.42 Å². The first-order valence-corrected chi connectivity index (χ1v) is 9.41. The molecular weight excluding hydrogens is 415 g/mol. The van der Waals surface area contributed by atoms with Crippen LogP contribution in [0.1, 0.15) is 5.56 Å². The average Bonchev–Trinajstić information content (AvgIpc) is 2.68. The quantitative estimate of drug-likeness (QED) is 0.207. The van der Waals surface area contributed by atoms with Gasteiger partial charge in [-0.25, -0.2) is 0 Å². The molecule has 0 aliphatic rings. The van der Waals surface area contributed by atoms with E-state index < -0.39 is 5.97 Å². The Morgan fingerprint density at radius 1 is 1.00 bits per heavy atom. The number of isothiocyanates is 1. The third-order valence-corrected chi connectivity index (χ3v) is 4.54. The fraction of sp³-hybridized carbons (Fsp3) is 0.0476. The zero-order valence-corrected chi connectivity index (χ0v) is 16.8. The van der Waals surface area contributed by atoms with Gasteiger partial charge in [0, 0.05) is 5.69 Å². The summed E-state index contributed by atoms with van der Waals surface area (Å²) in [5, 5.41) is 6.46. The minimum Gasteiger partial charge on any atom is -0.426 e. The Hall–Kier alpha value is -2.69. The number of benzene rings is 3. The number of ether oxygens (including phenoxy) is 1. The molecule has 0 aromatic heterocycles. The molecule has 7 heteroatoms. The van der Waals surface area contributed by atoms with E-state index in [4.69, 9.17) is 27.9 Å². The van der Waals surface area contributed by atoms with Gasteiger partial charge in [-0.2, -0.15) is 4.99 Å². The monoisotopic (exact) mass is 428 g/mol. The van der Waals surface area contributed by atoms with Gasteiger partial charge in [0.25, 0.3) is 0 Å². The number of para-hydroxylation sites is 2. The van der Waals surface area contributed by atoms with Gasteiger partial charge in [-0.1, -0.05) is 47.5 Å². The van der Waals surface area contributed by atoms with Crippen molar-refractivity contribution in [3.05, 3.63) is 82.3 Å². The first-order valence-electron chi connectivity index (χ1n) is 8.24. The molecule has 0 amide bonds. The Morgan fingerprint density at radius 3 is 2.36 bits per heavy atom. The molecule has 0 fully saturated rings. The summed E-state index contributed by atoms with van der Waals surface area (Å²) in [6.07, 6.45) is 0.0745. The van der Waals surface area contributed by atoms with Crippen molar-refractivity contribution in [2.45, 2.75) is 6.42 Å². The van der Waals surface area contributed by atoms with E-state index in [0.717, 1.165) is 11.3 Å². The zero-order chi connectivity index (χ0) is 19.9. The molecule has 0 aliphatic carbocycles. The highest BCUT2D eigenvalue weighted by Gasteiger charge is 2.12. The largest absolute Gasteiger partial charge is 0.426 e. The first kappa shape index (κ1) is 20.1. The van der Waals surface area contributed by atoms with Crippen molar-refractivity contribution in [3.8, 4) is 5.75 Å². The van der Waals surface area contributed by atoms with Gasteiger partial charge in [0.1, 0.15) is 5.75 Å². The molecule has 4 nitrogen and oxygen atoms in total. The van der Waals surface area contributed by atoms with Crippen LogP contribution in [0.2, 0.25) is 10.0 Å². The van der Waals surface area contributed by atoms with Crippen LogP contribution in [0.25, 0.3) is 0 Å². The van der Waals surface area contributed by atoms with Gasteiger partial charge in [0.15, 0.2) is 0 Å². The second kappa shape index (κ2) is 9.49. The number of rotatable bonds is 6. The molecule has 0 aliphatic heterocycles. The Balaban J connectivity index is 1.74. The molecule has 0 atom stereocenters. The summed E-state index contributed by atoms with van der Waals surface area (Å²) in [5.74, 6) is 0.0264. The maximum Gasteiger partial charge on any atom is 0.315 e. The van der Waals surface area contributed by atoms with Crippen molar-refractivity contribution >= 4 is 63.6 Å². The number of carbonyl (C=O) groups excluding carboxylic acids is 1. The summed E-state index contributed by atoms with van der Waals surface area (Å²) in [6, 6.07) is 19.3. The van der Waals surface area contributed by atoms with Crippen LogP contribution in [-0.4, -0.2) is 11.1 Å². The molecule has 0 spiro atoms. The molecule has 0 saturated heterocycles. The van der Waals surface area contributed by atoms with Crippen LogP contribution in [0.3, 0.4) is 0 Å². The average molecular weight is 429 g/mol. The lowest BCUT2D eigenvalue weighted by molar-refractivity contribution is -0.133. The molecule has 3 rings (SSSR count). The number of nitrogens with one attached hydrogen (secondary N) is 1. The van der Waals surface area contributed by atoms with E-state index in [2.05, 4.69) is 27.7 Å². The molecule has 0 unspecified atom stereocenters. The smallest absolute Gasteiger partial charge is 0.315 e. The van der Waals surface area contributed by atoms with E-state index >= 15 is 0 Å². The van der Waals surface area contributed by atoms with Crippen LogP contribution in [-0.2, 0) is 11.2 Å².